The first-order chi connectivity index (χ1) is 15.7. The summed E-state index contributed by atoms with van der Waals surface area (Å²) >= 11 is 0. The third-order valence-corrected chi connectivity index (χ3v) is 7.05. The Balaban J connectivity index is 1.82. The largest absolute Gasteiger partial charge is 0.0912 e. The average molecular weight is 411 g/mol. The summed E-state index contributed by atoms with van der Waals surface area (Å²) in [5.74, 6) is 0.363. The lowest BCUT2D eigenvalue weighted by Crippen LogP contribution is -2.34. The first-order valence-electron chi connectivity index (χ1n) is 11.5. The van der Waals surface area contributed by atoms with Crippen molar-refractivity contribution in [2.45, 2.75) is 25.7 Å². The minimum atomic E-state index is 0.363. The van der Waals surface area contributed by atoms with Crippen LogP contribution in [0.2, 0.25) is 0 Å². The second-order valence-electron chi connectivity index (χ2n) is 9.04. The van der Waals surface area contributed by atoms with Gasteiger partial charge in [-0.3, -0.25) is 0 Å². The number of allylic oxidation sites excluding steroid dienone is 8. The van der Waals surface area contributed by atoms with E-state index in [1.165, 1.54) is 54.3 Å². The molecule has 1 atom stereocenters. The second kappa shape index (κ2) is 7.50. The van der Waals surface area contributed by atoms with Crippen LogP contribution in [0.5, 0.6) is 0 Å². The van der Waals surface area contributed by atoms with Crippen LogP contribution in [0.15, 0.2) is 90.1 Å². The molecule has 3 aromatic rings. The molecule has 3 aliphatic rings. The van der Waals surface area contributed by atoms with E-state index in [1.807, 2.05) is 0 Å². The maximum Gasteiger partial charge on any atom is 0.000501 e. The molecule has 0 N–H and O–H groups in total. The highest BCUT2D eigenvalue weighted by molar-refractivity contribution is 5.97. The molecule has 0 nitrogen and oxygen atoms in total. The Bertz CT molecular complexity index is 1630. The molecule has 1 unspecified atom stereocenters. The fourth-order valence-corrected chi connectivity index (χ4v) is 5.47. The molecule has 0 spiro atoms. The first-order valence-corrected chi connectivity index (χ1v) is 11.5. The minimum Gasteiger partial charge on any atom is -0.0912 e. The molecule has 0 heterocycles. The summed E-state index contributed by atoms with van der Waals surface area (Å²) in [6.45, 7) is 6.60. The maximum atomic E-state index is 4.28. The zero-order valence-corrected chi connectivity index (χ0v) is 18.4. The van der Waals surface area contributed by atoms with Crippen LogP contribution in [-0.4, -0.2) is 0 Å². The third-order valence-electron chi connectivity index (χ3n) is 7.05. The molecular formula is C32H26. The monoisotopic (exact) mass is 410 g/mol. The van der Waals surface area contributed by atoms with Gasteiger partial charge in [0.1, 0.15) is 0 Å². The van der Waals surface area contributed by atoms with Crippen molar-refractivity contribution >= 4 is 35.6 Å². The van der Waals surface area contributed by atoms with E-state index < -0.39 is 0 Å². The lowest BCUT2D eigenvalue weighted by Gasteiger charge is -2.20. The van der Waals surface area contributed by atoms with Crippen molar-refractivity contribution in [1.29, 1.82) is 0 Å². The Morgan fingerprint density at radius 1 is 0.938 bits per heavy atom. The molecule has 0 aromatic heterocycles. The van der Waals surface area contributed by atoms with Gasteiger partial charge in [-0.25, -0.2) is 0 Å². The van der Waals surface area contributed by atoms with E-state index in [-0.39, 0.29) is 0 Å². The highest BCUT2D eigenvalue weighted by atomic mass is 14.2. The molecule has 0 bridgehead atoms. The van der Waals surface area contributed by atoms with Crippen molar-refractivity contribution < 1.29 is 0 Å². The lowest BCUT2D eigenvalue weighted by atomic mass is 9.83. The van der Waals surface area contributed by atoms with E-state index in [1.54, 1.807) is 0 Å². The molecule has 154 valence electrons. The second-order valence-corrected chi connectivity index (χ2v) is 9.04. The Morgan fingerprint density at radius 2 is 1.84 bits per heavy atom. The molecule has 3 aliphatic carbocycles. The summed E-state index contributed by atoms with van der Waals surface area (Å²) in [4.78, 5) is 0. The summed E-state index contributed by atoms with van der Waals surface area (Å²) in [5.41, 5.74) is 7.05. The lowest BCUT2D eigenvalue weighted by molar-refractivity contribution is 0.947. The molecule has 32 heavy (non-hydrogen) atoms. The quantitative estimate of drug-likeness (QED) is 0.546. The van der Waals surface area contributed by atoms with Crippen molar-refractivity contribution in [1.82, 2.24) is 0 Å². The molecule has 3 aromatic carbocycles. The van der Waals surface area contributed by atoms with Crippen molar-refractivity contribution in [3.05, 3.63) is 128 Å². The predicted molar refractivity (Wildman–Crippen MR) is 138 cm³/mol. The van der Waals surface area contributed by atoms with Gasteiger partial charge in [-0.1, -0.05) is 98.5 Å². The van der Waals surface area contributed by atoms with Gasteiger partial charge in [-0.2, -0.15) is 0 Å². The summed E-state index contributed by atoms with van der Waals surface area (Å²) in [7, 11) is 0. The van der Waals surface area contributed by atoms with Gasteiger partial charge in [-0.05, 0) is 84.5 Å². The molecule has 0 fully saturated rings. The number of hydrogen-bond donors (Lipinski definition) is 0. The van der Waals surface area contributed by atoms with Gasteiger partial charge < -0.3 is 0 Å². The maximum absolute atomic E-state index is 4.28. The highest BCUT2D eigenvalue weighted by Gasteiger charge is 2.20. The number of fused-ring (bicyclic) bond motifs is 2. The molecular weight excluding hydrogens is 384 g/mol. The summed E-state index contributed by atoms with van der Waals surface area (Å²) in [6.07, 6.45) is 22.6. The summed E-state index contributed by atoms with van der Waals surface area (Å²) in [5, 5.41) is 7.77. The third kappa shape index (κ3) is 2.99. The zero-order valence-electron chi connectivity index (χ0n) is 18.4. The number of rotatable bonds is 1. The van der Waals surface area contributed by atoms with Crippen LogP contribution in [0.25, 0.3) is 35.6 Å². The van der Waals surface area contributed by atoms with Crippen molar-refractivity contribution in [2.75, 3.05) is 0 Å². The molecule has 0 saturated heterocycles. The first kappa shape index (κ1) is 19.1. The predicted octanol–water partition coefficient (Wildman–Crippen LogP) is 4.68. The Hall–Kier alpha value is -3.64. The van der Waals surface area contributed by atoms with E-state index in [2.05, 4.69) is 111 Å². The van der Waals surface area contributed by atoms with Crippen molar-refractivity contribution in [2.24, 2.45) is 0 Å². The van der Waals surface area contributed by atoms with Gasteiger partial charge in [0.05, 0.1) is 0 Å². The van der Waals surface area contributed by atoms with Crippen LogP contribution >= 0.6 is 0 Å². The summed E-state index contributed by atoms with van der Waals surface area (Å²) in [6, 6.07) is 15.3. The standard InChI is InChI=1S/C32H26/c1-21-10-6-7-12-23(21)19-29-28-17-9-15-26-18-24-13-4-3-5-14-25(24)20-30(32(26)28)27-16-8-11-22(2)31(27)29/h3-13,15-17,19-20,22H,1,14,18H2,2H3/b23-19-. The molecule has 0 aliphatic heterocycles. The zero-order chi connectivity index (χ0) is 21.7. The number of benzene rings is 3. The highest BCUT2D eigenvalue weighted by Crippen LogP contribution is 2.31. The Morgan fingerprint density at radius 3 is 2.75 bits per heavy atom. The van der Waals surface area contributed by atoms with Crippen LogP contribution in [0.1, 0.15) is 36.0 Å². The van der Waals surface area contributed by atoms with Crippen LogP contribution in [0, 0.1) is 0 Å². The van der Waals surface area contributed by atoms with E-state index >= 15 is 0 Å². The normalized spacial score (nSPS) is 19.2. The fraction of sp³-hybridized carbons (Fsp3) is 0.125. The average Bonchev–Trinajstić information content (AvgIpc) is 3.10. The van der Waals surface area contributed by atoms with Crippen LogP contribution in [0.3, 0.4) is 0 Å². The van der Waals surface area contributed by atoms with Gasteiger partial charge in [0.2, 0.25) is 0 Å². The van der Waals surface area contributed by atoms with E-state index in [0.717, 1.165) is 18.1 Å². The van der Waals surface area contributed by atoms with Gasteiger partial charge in [0.15, 0.2) is 0 Å². The van der Waals surface area contributed by atoms with Crippen molar-refractivity contribution in [3.63, 3.8) is 0 Å². The van der Waals surface area contributed by atoms with Gasteiger partial charge in [-0.15, -0.1) is 0 Å². The topological polar surface area (TPSA) is 0 Å². The van der Waals surface area contributed by atoms with Crippen molar-refractivity contribution in [3.8, 4) is 0 Å². The molecule has 6 rings (SSSR count). The molecule has 0 saturated carbocycles. The van der Waals surface area contributed by atoms with Crippen LogP contribution < -0.4 is 20.9 Å². The Labute approximate surface area is 188 Å². The van der Waals surface area contributed by atoms with E-state index in [0.29, 0.717) is 5.92 Å². The Kier molecular flexibility index (Phi) is 4.47. The van der Waals surface area contributed by atoms with Crippen LogP contribution in [0.4, 0.5) is 0 Å². The fourth-order valence-electron chi connectivity index (χ4n) is 5.47. The summed E-state index contributed by atoms with van der Waals surface area (Å²) < 4.78 is 0. The van der Waals surface area contributed by atoms with Gasteiger partial charge in [0.25, 0.3) is 0 Å². The van der Waals surface area contributed by atoms with E-state index in [4.69, 9.17) is 0 Å². The van der Waals surface area contributed by atoms with E-state index in [9.17, 15) is 0 Å². The SMILES string of the molecule is C=c1cccc/c1=C/c1c2c(c3c4c(cccc14)CC1=C(C=3)CC=CC=C1)=CC=CC2C. The van der Waals surface area contributed by atoms with Gasteiger partial charge in [0, 0.05) is 5.92 Å². The molecule has 0 heteroatoms. The molecule has 0 amide bonds. The van der Waals surface area contributed by atoms with Gasteiger partial charge >= 0.3 is 0 Å². The number of hydrogen-bond acceptors (Lipinski definition) is 0. The molecule has 0 radical (unpaired) electrons. The van der Waals surface area contributed by atoms with Crippen LogP contribution in [-0.2, 0) is 6.42 Å². The minimum absolute atomic E-state index is 0.363. The smallest absolute Gasteiger partial charge is 0.000501 e.